The molecule has 1 heterocycles. The van der Waals surface area contributed by atoms with E-state index in [2.05, 4.69) is 22.2 Å². The number of thioether (sulfide) groups is 1. The van der Waals surface area contributed by atoms with E-state index in [1.54, 1.807) is 6.07 Å². The number of nitrogens with zero attached hydrogens (tertiary/aromatic N) is 3. The van der Waals surface area contributed by atoms with Crippen LogP contribution in [0.1, 0.15) is 48.5 Å². The zero-order chi connectivity index (χ0) is 19.6. The van der Waals surface area contributed by atoms with Crippen LogP contribution in [0.2, 0.25) is 5.15 Å². The highest BCUT2D eigenvalue weighted by Crippen LogP contribution is 2.24. The highest BCUT2D eigenvalue weighted by molar-refractivity contribution is 7.98. The second-order valence-corrected chi connectivity index (χ2v) is 7.86. The third-order valence-corrected chi connectivity index (χ3v) is 5.13. The molecule has 1 N–H and O–H groups in total. The first-order valence-electron chi connectivity index (χ1n) is 9.21. The molecule has 146 valence electrons. The van der Waals surface area contributed by atoms with Crippen molar-refractivity contribution in [1.29, 1.82) is 0 Å². The number of unbranched alkanes of at least 4 members (excludes halogenated alkanes) is 3. The Morgan fingerprint density at radius 1 is 1.15 bits per heavy atom. The van der Waals surface area contributed by atoms with Crippen LogP contribution in [-0.4, -0.2) is 36.5 Å². The van der Waals surface area contributed by atoms with Gasteiger partial charge in [0.25, 0.3) is 5.91 Å². The Balaban J connectivity index is 1.86. The van der Waals surface area contributed by atoms with Crippen molar-refractivity contribution in [2.75, 3.05) is 25.5 Å². The molecule has 0 saturated carbocycles. The fraction of sp³-hybridized carbons (Fsp3) is 0.450. The van der Waals surface area contributed by atoms with Crippen LogP contribution in [0.4, 0.5) is 5.82 Å². The third kappa shape index (κ3) is 7.39. The molecule has 0 aliphatic rings. The van der Waals surface area contributed by atoms with Gasteiger partial charge in [0.1, 0.15) is 11.0 Å². The molecule has 0 radical (unpaired) electrons. The largest absolute Gasteiger partial charge is 0.363 e. The van der Waals surface area contributed by atoms with E-state index < -0.39 is 0 Å². The SMILES string of the molecule is CCCCCCNC(=O)c1ccc(CSc2nc(Cl)cc(N(C)C)n2)cc1. The molecule has 0 bridgehead atoms. The lowest BCUT2D eigenvalue weighted by molar-refractivity contribution is 0.0953. The predicted octanol–water partition coefficient (Wildman–Crippen LogP) is 4.80. The smallest absolute Gasteiger partial charge is 0.251 e. The normalized spacial score (nSPS) is 10.7. The standard InChI is InChI=1S/C20H27ClN4OS/c1-4-5-6-7-12-22-19(26)16-10-8-15(9-11-16)14-27-20-23-17(21)13-18(24-20)25(2)3/h8-11,13H,4-7,12,14H2,1-3H3,(H,22,26). The van der Waals surface area contributed by atoms with Gasteiger partial charge in [0.2, 0.25) is 0 Å². The molecular formula is C20H27ClN4OS. The number of aromatic nitrogens is 2. The monoisotopic (exact) mass is 406 g/mol. The summed E-state index contributed by atoms with van der Waals surface area (Å²) in [5.74, 6) is 1.48. The molecule has 0 aliphatic carbocycles. The quantitative estimate of drug-likeness (QED) is 0.266. The zero-order valence-electron chi connectivity index (χ0n) is 16.2. The van der Waals surface area contributed by atoms with Gasteiger partial charge >= 0.3 is 0 Å². The Hall–Kier alpha value is -1.79. The van der Waals surface area contributed by atoms with Crippen molar-refractivity contribution < 1.29 is 4.79 Å². The minimum atomic E-state index is -0.0144. The van der Waals surface area contributed by atoms with Crippen LogP contribution in [0.15, 0.2) is 35.5 Å². The summed E-state index contributed by atoms with van der Waals surface area (Å²) in [5, 5.41) is 4.05. The van der Waals surface area contributed by atoms with Gasteiger partial charge < -0.3 is 10.2 Å². The summed E-state index contributed by atoms with van der Waals surface area (Å²) in [6.07, 6.45) is 4.61. The number of carbonyl (C=O) groups is 1. The van der Waals surface area contributed by atoms with E-state index in [1.807, 2.05) is 43.3 Å². The minimum absolute atomic E-state index is 0.0144. The van der Waals surface area contributed by atoms with Crippen molar-refractivity contribution in [3.8, 4) is 0 Å². The van der Waals surface area contributed by atoms with Gasteiger partial charge in [-0.15, -0.1) is 0 Å². The minimum Gasteiger partial charge on any atom is -0.363 e. The van der Waals surface area contributed by atoms with E-state index in [0.717, 1.165) is 30.8 Å². The highest BCUT2D eigenvalue weighted by atomic mass is 35.5. The van der Waals surface area contributed by atoms with E-state index in [9.17, 15) is 4.79 Å². The van der Waals surface area contributed by atoms with E-state index in [4.69, 9.17) is 11.6 Å². The van der Waals surface area contributed by atoms with E-state index in [1.165, 1.54) is 24.6 Å². The van der Waals surface area contributed by atoms with Crippen LogP contribution in [-0.2, 0) is 5.75 Å². The fourth-order valence-electron chi connectivity index (χ4n) is 2.44. The summed E-state index contributed by atoms with van der Waals surface area (Å²) < 4.78 is 0. The number of hydrogen-bond donors (Lipinski definition) is 1. The molecule has 27 heavy (non-hydrogen) atoms. The lowest BCUT2D eigenvalue weighted by Crippen LogP contribution is -2.24. The Kier molecular flexibility index (Phi) is 8.88. The molecule has 2 rings (SSSR count). The molecule has 0 atom stereocenters. The number of nitrogens with one attached hydrogen (secondary N) is 1. The summed E-state index contributed by atoms with van der Waals surface area (Å²) in [7, 11) is 3.83. The summed E-state index contributed by atoms with van der Waals surface area (Å²) in [5.41, 5.74) is 1.79. The summed E-state index contributed by atoms with van der Waals surface area (Å²) in [6.45, 7) is 2.91. The van der Waals surface area contributed by atoms with Crippen LogP contribution < -0.4 is 10.2 Å². The van der Waals surface area contributed by atoms with Gasteiger partial charge in [-0.1, -0.05) is 61.7 Å². The molecule has 0 unspecified atom stereocenters. The average molecular weight is 407 g/mol. The Morgan fingerprint density at radius 3 is 2.56 bits per heavy atom. The second-order valence-electron chi connectivity index (χ2n) is 6.53. The molecular weight excluding hydrogens is 380 g/mol. The third-order valence-electron chi connectivity index (χ3n) is 4.02. The molecule has 0 saturated heterocycles. The van der Waals surface area contributed by atoms with Crippen LogP contribution in [0.25, 0.3) is 0 Å². The molecule has 5 nitrogen and oxygen atoms in total. The average Bonchev–Trinajstić information content (AvgIpc) is 2.66. The van der Waals surface area contributed by atoms with Gasteiger partial charge in [0.15, 0.2) is 5.16 Å². The predicted molar refractivity (Wildman–Crippen MR) is 114 cm³/mol. The molecule has 0 aliphatic heterocycles. The van der Waals surface area contributed by atoms with E-state index in [-0.39, 0.29) is 5.91 Å². The maximum absolute atomic E-state index is 12.2. The lowest BCUT2D eigenvalue weighted by Gasteiger charge is -2.12. The number of anilines is 1. The first-order valence-corrected chi connectivity index (χ1v) is 10.6. The van der Waals surface area contributed by atoms with Crippen molar-refractivity contribution in [2.45, 2.75) is 43.5 Å². The van der Waals surface area contributed by atoms with E-state index in [0.29, 0.717) is 21.6 Å². The first-order chi connectivity index (χ1) is 13.0. The molecule has 1 aromatic carbocycles. The van der Waals surface area contributed by atoms with Crippen molar-refractivity contribution in [2.24, 2.45) is 0 Å². The Morgan fingerprint density at radius 2 is 1.89 bits per heavy atom. The zero-order valence-corrected chi connectivity index (χ0v) is 17.7. The maximum atomic E-state index is 12.2. The van der Waals surface area contributed by atoms with Crippen LogP contribution in [0.3, 0.4) is 0 Å². The van der Waals surface area contributed by atoms with Gasteiger partial charge in [-0.25, -0.2) is 9.97 Å². The number of carbonyl (C=O) groups excluding carboxylic acids is 1. The van der Waals surface area contributed by atoms with Gasteiger partial charge in [0.05, 0.1) is 0 Å². The van der Waals surface area contributed by atoms with Gasteiger partial charge in [-0.2, -0.15) is 0 Å². The van der Waals surface area contributed by atoms with Crippen LogP contribution in [0, 0.1) is 0 Å². The van der Waals surface area contributed by atoms with Crippen molar-refractivity contribution in [3.05, 3.63) is 46.6 Å². The van der Waals surface area contributed by atoms with E-state index >= 15 is 0 Å². The molecule has 0 spiro atoms. The number of benzene rings is 1. The van der Waals surface area contributed by atoms with Crippen LogP contribution >= 0.6 is 23.4 Å². The molecule has 7 heteroatoms. The Labute approximate surface area is 170 Å². The van der Waals surface area contributed by atoms with Crippen LogP contribution in [0.5, 0.6) is 0 Å². The molecule has 2 aromatic rings. The first kappa shape index (κ1) is 21.5. The molecule has 1 aromatic heterocycles. The topological polar surface area (TPSA) is 58.1 Å². The summed E-state index contributed by atoms with van der Waals surface area (Å²) in [4.78, 5) is 22.8. The molecule has 1 amide bonds. The fourth-order valence-corrected chi connectivity index (χ4v) is 3.47. The van der Waals surface area contributed by atoms with Gasteiger partial charge in [0, 0.05) is 38.0 Å². The summed E-state index contributed by atoms with van der Waals surface area (Å²) in [6, 6.07) is 9.40. The second kappa shape index (κ2) is 11.1. The number of amides is 1. The maximum Gasteiger partial charge on any atom is 0.251 e. The van der Waals surface area contributed by atoms with Gasteiger partial charge in [-0.05, 0) is 24.1 Å². The Bertz CT molecular complexity index is 737. The number of hydrogen-bond acceptors (Lipinski definition) is 5. The number of halogens is 1. The molecule has 0 fully saturated rings. The summed E-state index contributed by atoms with van der Waals surface area (Å²) >= 11 is 7.59. The lowest BCUT2D eigenvalue weighted by atomic mass is 10.1. The van der Waals surface area contributed by atoms with Crippen molar-refractivity contribution in [3.63, 3.8) is 0 Å². The number of rotatable bonds is 10. The van der Waals surface area contributed by atoms with Crippen molar-refractivity contribution >= 4 is 35.1 Å². The van der Waals surface area contributed by atoms with Crippen molar-refractivity contribution in [1.82, 2.24) is 15.3 Å². The van der Waals surface area contributed by atoms with Gasteiger partial charge in [-0.3, -0.25) is 4.79 Å². The highest BCUT2D eigenvalue weighted by Gasteiger charge is 2.08.